The lowest BCUT2D eigenvalue weighted by Crippen LogP contribution is -2.66. The van der Waals surface area contributed by atoms with Gasteiger partial charge in [-0.05, 0) is 36.6 Å². The summed E-state index contributed by atoms with van der Waals surface area (Å²) in [6.07, 6.45) is 2.87. The molecular formula is C27H39N11O6S. The summed E-state index contributed by atoms with van der Waals surface area (Å²) in [6.45, 7) is 5.30. The third kappa shape index (κ3) is 5.79. The number of likely N-dealkylation sites (tertiary alicyclic amines) is 2. The Kier molecular flexibility index (Phi) is 8.57. The van der Waals surface area contributed by atoms with Crippen LogP contribution in [-0.4, -0.2) is 137 Å². The molecule has 4 amide bonds. The molecule has 0 aromatic carbocycles. The molecular weight excluding hydrogens is 606 g/mol. The number of rotatable bonds is 9. The Morgan fingerprint density at radius 1 is 1.18 bits per heavy atom. The zero-order valence-corrected chi connectivity index (χ0v) is 25.9. The van der Waals surface area contributed by atoms with Crippen molar-refractivity contribution in [1.29, 1.82) is 0 Å². The number of thioether (sulfide) groups is 1. The highest BCUT2D eigenvalue weighted by molar-refractivity contribution is 8.03. The summed E-state index contributed by atoms with van der Waals surface area (Å²) < 4.78 is 1.27. The Labute approximate surface area is 263 Å². The summed E-state index contributed by atoms with van der Waals surface area (Å²) in [5, 5.41) is 26.8. The molecule has 1 aromatic heterocycles. The molecule has 6 rings (SSSR count). The molecule has 0 saturated carbocycles. The number of hydrogen-bond acceptors (Lipinski definition) is 12. The van der Waals surface area contributed by atoms with Crippen LogP contribution in [0.1, 0.15) is 33.1 Å². The molecule has 0 bridgehead atoms. The molecule has 0 radical (unpaired) electrons. The lowest BCUT2D eigenvalue weighted by atomic mass is 9.78. The second-order valence-electron chi connectivity index (χ2n) is 12.7. The van der Waals surface area contributed by atoms with Crippen molar-refractivity contribution in [3.63, 3.8) is 0 Å². The minimum absolute atomic E-state index is 0.0410. The first kappa shape index (κ1) is 31.4. The number of nitrogens with two attached hydrogens (primary N) is 2. The van der Waals surface area contributed by atoms with Gasteiger partial charge in [0.25, 0.3) is 0 Å². The number of aromatic nitrogens is 4. The number of β-lactam (4-membered cyclic amide) rings is 1. The average Bonchev–Trinajstić information content (AvgIpc) is 3.81. The van der Waals surface area contributed by atoms with Gasteiger partial charge >= 0.3 is 5.97 Å². The van der Waals surface area contributed by atoms with E-state index >= 15 is 0 Å². The minimum atomic E-state index is -1.19. The van der Waals surface area contributed by atoms with Crippen molar-refractivity contribution in [2.24, 2.45) is 23.3 Å². The van der Waals surface area contributed by atoms with Crippen molar-refractivity contribution in [2.75, 3.05) is 26.2 Å². The van der Waals surface area contributed by atoms with E-state index in [-0.39, 0.29) is 59.1 Å². The number of tetrazole rings is 1. The Morgan fingerprint density at radius 2 is 1.96 bits per heavy atom. The van der Waals surface area contributed by atoms with Crippen molar-refractivity contribution in [3.8, 4) is 0 Å². The van der Waals surface area contributed by atoms with Crippen molar-refractivity contribution < 1.29 is 29.1 Å². The van der Waals surface area contributed by atoms with E-state index in [0.717, 1.165) is 6.42 Å². The van der Waals surface area contributed by atoms with E-state index in [9.17, 15) is 29.1 Å². The highest BCUT2D eigenvalue weighted by Crippen LogP contribution is 2.52. The van der Waals surface area contributed by atoms with E-state index in [0.29, 0.717) is 43.9 Å². The van der Waals surface area contributed by atoms with Crippen LogP contribution in [0, 0.1) is 11.8 Å². The Morgan fingerprint density at radius 3 is 2.62 bits per heavy atom. The number of nitrogens with one attached hydrogen (secondary N) is 2. The molecule has 5 aliphatic rings. The minimum Gasteiger partial charge on any atom is -0.477 e. The van der Waals surface area contributed by atoms with Crippen LogP contribution in [0.2, 0.25) is 0 Å². The Hall–Kier alpha value is -3.61. The molecule has 6 heterocycles. The fourth-order valence-electron chi connectivity index (χ4n) is 7.39. The number of amides is 4. The molecule has 0 spiro atoms. The van der Waals surface area contributed by atoms with E-state index in [2.05, 4.69) is 26.2 Å². The van der Waals surface area contributed by atoms with Gasteiger partial charge in [-0.2, -0.15) is 0 Å². The summed E-state index contributed by atoms with van der Waals surface area (Å²) in [5.41, 5.74) is 12.2. The summed E-state index contributed by atoms with van der Waals surface area (Å²) >= 11 is 1.38. The summed E-state index contributed by atoms with van der Waals surface area (Å²) in [7, 11) is 0. The van der Waals surface area contributed by atoms with E-state index in [4.69, 9.17) is 11.5 Å². The van der Waals surface area contributed by atoms with Gasteiger partial charge in [0.15, 0.2) is 0 Å². The molecule has 45 heavy (non-hydrogen) atoms. The van der Waals surface area contributed by atoms with Gasteiger partial charge in [0.1, 0.15) is 24.6 Å². The van der Waals surface area contributed by atoms with Gasteiger partial charge < -0.3 is 41.9 Å². The molecule has 1 aromatic rings. The van der Waals surface area contributed by atoms with Gasteiger partial charge in [-0.25, -0.2) is 9.48 Å². The topological polar surface area (TPSA) is 235 Å². The average molecular weight is 646 g/mol. The third-order valence-corrected chi connectivity index (χ3v) is 11.0. The van der Waals surface area contributed by atoms with Crippen LogP contribution in [0.15, 0.2) is 16.9 Å². The summed E-state index contributed by atoms with van der Waals surface area (Å²) in [5.74, 6) is -3.11. The van der Waals surface area contributed by atoms with Crippen molar-refractivity contribution in [1.82, 2.24) is 45.5 Å². The van der Waals surface area contributed by atoms with Gasteiger partial charge in [0, 0.05) is 60.4 Å². The smallest absolute Gasteiger partial charge is 0.353 e. The van der Waals surface area contributed by atoms with E-state index in [1.807, 2.05) is 6.92 Å². The van der Waals surface area contributed by atoms with E-state index in [1.54, 1.807) is 16.7 Å². The number of carboxylic acid groups (broad SMARTS) is 1. The maximum Gasteiger partial charge on any atom is 0.353 e. The van der Waals surface area contributed by atoms with Crippen molar-refractivity contribution in [3.05, 3.63) is 16.9 Å². The second-order valence-corrected chi connectivity index (χ2v) is 14.0. The largest absolute Gasteiger partial charge is 0.477 e. The van der Waals surface area contributed by atoms with Crippen LogP contribution in [0.25, 0.3) is 0 Å². The van der Waals surface area contributed by atoms with Gasteiger partial charge in [0.05, 0.1) is 18.0 Å². The summed E-state index contributed by atoms with van der Waals surface area (Å²) in [6, 6.07) is -2.49. The molecule has 0 unspecified atom stereocenters. The monoisotopic (exact) mass is 645 g/mol. The van der Waals surface area contributed by atoms with Gasteiger partial charge in [0.2, 0.25) is 23.6 Å². The molecule has 244 valence electrons. The highest BCUT2D eigenvalue weighted by Gasteiger charge is 2.60. The predicted molar refractivity (Wildman–Crippen MR) is 158 cm³/mol. The van der Waals surface area contributed by atoms with E-state index < -0.39 is 36.1 Å². The zero-order chi connectivity index (χ0) is 32.2. The maximum absolute atomic E-state index is 13.7. The molecule has 7 N–H and O–H groups in total. The van der Waals surface area contributed by atoms with Crippen molar-refractivity contribution >= 4 is 41.4 Å². The number of nitrogens with zero attached hydrogens (tertiary/aromatic N) is 7. The third-order valence-electron chi connectivity index (χ3n) is 9.54. The molecule has 4 fully saturated rings. The van der Waals surface area contributed by atoms with Gasteiger partial charge in [-0.3, -0.25) is 19.2 Å². The first-order valence-corrected chi connectivity index (χ1v) is 16.1. The second kappa shape index (κ2) is 12.3. The predicted octanol–water partition coefficient (Wildman–Crippen LogP) is -3.10. The summed E-state index contributed by atoms with van der Waals surface area (Å²) in [4.78, 5) is 70.4. The number of carboxylic acids is 1. The van der Waals surface area contributed by atoms with Crippen LogP contribution in [0.5, 0.6) is 0 Å². The molecule has 4 saturated heterocycles. The maximum atomic E-state index is 13.7. The molecule has 18 heteroatoms. The van der Waals surface area contributed by atoms with E-state index in [1.165, 1.54) is 27.7 Å². The van der Waals surface area contributed by atoms with Crippen LogP contribution < -0.4 is 22.1 Å². The SMILES string of the molecule is C[C@@H](NC(=O)Cn1cnnn1)[C@H]1C(=O)N2C(C(=O)O)=C(S[C@@H]3CN[C@H](C(=O)N4C[C@H](N)C[C@H]4C(=O)N4CC[C@@H](N)C4)C3)[C@H](C)[C@H]12. The number of fused-ring (bicyclic) bond motifs is 1. The first-order chi connectivity index (χ1) is 21.4. The Bertz CT molecular complexity index is 1410. The van der Waals surface area contributed by atoms with Crippen LogP contribution in [0.3, 0.4) is 0 Å². The number of carbonyl (C=O) groups excluding carboxylic acids is 4. The fourth-order valence-corrected chi connectivity index (χ4v) is 8.87. The number of aliphatic carboxylic acids is 1. The van der Waals surface area contributed by atoms with Crippen molar-refractivity contribution in [2.45, 2.75) is 81.2 Å². The van der Waals surface area contributed by atoms with Gasteiger partial charge in [-0.15, -0.1) is 16.9 Å². The first-order valence-electron chi connectivity index (χ1n) is 15.3. The molecule has 5 aliphatic heterocycles. The van der Waals surface area contributed by atoms with Crippen LogP contribution >= 0.6 is 11.8 Å². The fraction of sp³-hybridized carbons (Fsp3) is 0.704. The van der Waals surface area contributed by atoms with Crippen LogP contribution in [-0.2, 0) is 30.5 Å². The quantitative estimate of drug-likeness (QED) is 0.168. The zero-order valence-electron chi connectivity index (χ0n) is 25.1. The lowest BCUT2D eigenvalue weighted by Gasteiger charge is -2.47. The normalized spacial score (nSPS) is 33.4. The molecule has 0 aliphatic carbocycles. The lowest BCUT2D eigenvalue weighted by molar-refractivity contribution is -0.158. The Balaban J connectivity index is 1.09. The van der Waals surface area contributed by atoms with Crippen LogP contribution in [0.4, 0.5) is 0 Å². The highest BCUT2D eigenvalue weighted by atomic mass is 32.2. The number of carbonyl (C=O) groups is 5. The molecule has 9 atom stereocenters. The van der Waals surface area contributed by atoms with Gasteiger partial charge in [-0.1, -0.05) is 6.92 Å². The number of hydrogen-bond donors (Lipinski definition) is 5. The molecule has 17 nitrogen and oxygen atoms in total. The standard InChI is InChI=1S/C27H39N11O6S/c1-12-21-20(13(2)32-19(39)10-36-11-31-33-34-36)26(42)38(21)22(27(43)44)23(12)45-16-6-17(30-7-16)24(40)37-9-15(29)5-18(37)25(41)35-4-3-14(28)8-35/h11-18,20-21,30H,3-10,28-29H2,1-2H3,(H,32,39)(H,43,44)/t12-,13-,14-,15-,16+,17+,18+,20-,21-/m1/s1.